The van der Waals surface area contributed by atoms with Crippen LogP contribution >= 0.6 is 27.5 Å². The van der Waals surface area contributed by atoms with Crippen molar-refractivity contribution in [2.45, 2.75) is 19.3 Å². The normalized spacial score (nSPS) is 21.6. The molecule has 0 spiro atoms. The van der Waals surface area contributed by atoms with E-state index >= 15 is 0 Å². The lowest BCUT2D eigenvalue weighted by atomic mass is 10.1. The first kappa shape index (κ1) is 7.62. The molecule has 0 aromatic rings. The van der Waals surface area contributed by atoms with Gasteiger partial charge in [-0.3, -0.25) is 0 Å². The molecule has 0 saturated heterocycles. The summed E-state index contributed by atoms with van der Waals surface area (Å²) in [5.74, 6) is 0. The summed E-state index contributed by atoms with van der Waals surface area (Å²) in [7, 11) is 0. The summed E-state index contributed by atoms with van der Waals surface area (Å²) in [5.41, 5.74) is 0.499. The molecule has 0 amide bonds. The van der Waals surface area contributed by atoms with Crippen molar-refractivity contribution in [1.29, 1.82) is 0 Å². The summed E-state index contributed by atoms with van der Waals surface area (Å²) >= 11 is 9.13. The Morgan fingerprint density at radius 1 is 1.67 bits per heavy atom. The molecule has 0 atom stereocenters. The van der Waals surface area contributed by atoms with Crippen LogP contribution in [0.5, 0.6) is 0 Å². The lowest BCUT2D eigenvalue weighted by Gasteiger charge is -2.07. The Labute approximate surface area is 69.4 Å². The molecular weight excluding hydrogens is 199 g/mol. The monoisotopic (exact) mass is 208 g/mol. The lowest BCUT2D eigenvalue weighted by molar-refractivity contribution is 0.596. The van der Waals surface area contributed by atoms with E-state index in [-0.39, 0.29) is 0 Å². The molecule has 0 bridgehead atoms. The van der Waals surface area contributed by atoms with Gasteiger partial charge in [0, 0.05) is 10.4 Å². The highest BCUT2D eigenvalue weighted by atomic mass is 79.9. The summed E-state index contributed by atoms with van der Waals surface area (Å²) < 4.78 is 0. The van der Waals surface area contributed by atoms with Crippen molar-refractivity contribution in [3.63, 3.8) is 0 Å². The van der Waals surface area contributed by atoms with Gasteiger partial charge in [0.1, 0.15) is 0 Å². The fraction of sp³-hybridized carbons (Fsp3) is 0.714. The number of alkyl halides is 1. The molecule has 0 aromatic heterocycles. The predicted octanol–water partition coefficient (Wildman–Crippen LogP) is 3.30. The van der Waals surface area contributed by atoms with Gasteiger partial charge in [-0.2, -0.15) is 0 Å². The topological polar surface area (TPSA) is 0 Å². The van der Waals surface area contributed by atoms with Gasteiger partial charge in [0.15, 0.2) is 0 Å². The second kappa shape index (κ2) is 2.63. The zero-order valence-corrected chi connectivity index (χ0v) is 7.63. The maximum absolute atomic E-state index is 5.67. The third kappa shape index (κ3) is 1.98. The molecule has 9 heavy (non-hydrogen) atoms. The van der Waals surface area contributed by atoms with Crippen molar-refractivity contribution in [3.8, 4) is 0 Å². The second-order valence-electron chi connectivity index (χ2n) is 2.83. The predicted molar refractivity (Wildman–Crippen MR) is 45.1 cm³/mol. The van der Waals surface area contributed by atoms with Crippen molar-refractivity contribution in [2.24, 2.45) is 5.41 Å². The van der Waals surface area contributed by atoms with Crippen molar-refractivity contribution in [2.75, 3.05) is 5.33 Å². The number of rotatable bonds is 3. The van der Waals surface area contributed by atoms with Crippen LogP contribution in [0, 0.1) is 5.41 Å². The van der Waals surface area contributed by atoms with E-state index in [0.717, 1.165) is 16.8 Å². The van der Waals surface area contributed by atoms with Gasteiger partial charge in [-0.15, -0.1) is 0 Å². The molecule has 1 aliphatic carbocycles. The highest BCUT2D eigenvalue weighted by Crippen LogP contribution is 2.51. The first-order valence-electron chi connectivity index (χ1n) is 3.08. The highest BCUT2D eigenvalue weighted by Gasteiger charge is 2.41. The standard InChI is InChI=1S/C7H10BrCl/c1-6(9)4-7(5-8)2-3-7/h1-5H2. The maximum Gasteiger partial charge on any atom is 0.0115 e. The Balaban J connectivity index is 2.33. The second-order valence-corrected chi connectivity index (χ2v) is 3.92. The van der Waals surface area contributed by atoms with Crippen molar-refractivity contribution >= 4 is 27.5 Å². The fourth-order valence-corrected chi connectivity index (χ4v) is 1.98. The fourth-order valence-electron chi connectivity index (χ4n) is 0.941. The Bertz CT molecular complexity index is 127. The third-order valence-electron chi connectivity index (χ3n) is 1.81. The molecule has 1 rings (SSSR count). The minimum absolute atomic E-state index is 0.499. The number of hydrogen-bond donors (Lipinski definition) is 0. The smallest absolute Gasteiger partial charge is 0.0115 e. The van der Waals surface area contributed by atoms with Crippen LogP contribution in [-0.4, -0.2) is 5.33 Å². The highest BCUT2D eigenvalue weighted by molar-refractivity contribution is 9.09. The summed E-state index contributed by atoms with van der Waals surface area (Å²) in [6.07, 6.45) is 3.60. The molecule has 52 valence electrons. The average Bonchev–Trinajstić information content (AvgIpc) is 2.48. The van der Waals surface area contributed by atoms with E-state index in [4.69, 9.17) is 11.6 Å². The molecule has 2 heteroatoms. The van der Waals surface area contributed by atoms with Gasteiger partial charge < -0.3 is 0 Å². The number of halogens is 2. The van der Waals surface area contributed by atoms with E-state index in [1.54, 1.807) is 0 Å². The van der Waals surface area contributed by atoms with Gasteiger partial charge in [-0.1, -0.05) is 34.1 Å². The SMILES string of the molecule is C=C(Cl)CC1(CBr)CC1. The van der Waals surface area contributed by atoms with Crippen molar-refractivity contribution < 1.29 is 0 Å². The van der Waals surface area contributed by atoms with Gasteiger partial charge in [0.2, 0.25) is 0 Å². The molecule has 1 fully saturated rings. The molecule has 0 aromatic carbocycles. The van der Waals surface area contributed by atoms with Crippen LogP contribution in [0.15, 0.2) is 11.6 Å². The first-order chi connectivity index (χ1) is 4.18. The van der Waals surface area contributed by atoms with Crippen LogP contribution < -0.4 is 0 Å². The molecule has 0 nitrogen and oxygen atoms in total. The molecule has 0 unspecified atom stereocenters. The van der Waals surface area contributed by atoms with Gasteiger partial charge in [0.05, 0.1) is 0 Å². The Morgan fingerprint density at radius 2 is 2.22 bits per heavy atom. The Kier molecular flexibility index (Phi) is 2.23. The van der Waals surface area contributed by atoms with Gasteiger partial charge >= 0.3 is 0 Å². The van der Waals surface area contributed by atoms with Gasteiger partial charge in [-0.05, 0) is 24.7 Å². The minimum atomic E-state index is 0.499. The Hall–Kier alpha value is 0.510. The maximum atomic E-state index is 5.67. The summed E-state index contributed by atoms with van der Waals surface area (Å²) in [4.78, 5) is 0. The van der Waals surface area contributed by atoms with Gasteiger partial charge in [0.25, 0.3) is 0 Å². The molecule has 1 aliphatic rings. The van der Waals surface area contributed by atoms with Gasteiger partial charge in [-0.25, -0.2) is 0 Å². The minimum Gasteiger partial charge on any atom is -0.0922 e. The molecule has 1 saturated carbocycles. The number of hydrogen-bond acceptors (Lipinski definition) is 0. The molecule has 0 aliphatic heterocycles. The number of allylic oxidation sites excluding steroid dienone is 1. The quantitative estimate of drug-likeness (QED) is 0.626. The first-order valence-corrected chi connectivity index (χ1v) is 4.58. The largest absolute Gasteiger partial charge is 0.0922 e. The van der Waals surface area contributed by atoms with Crippen LogP contribution in [0.2, 0.25) is 0 Å². The van der Waals surface area contributed by atoms with E-state index < -0.39 is 0 Å². The zero-order valence-electron chi connectivity index (χ0n) is 5.29. The van der Waals surface area contributed by atoms with E-state index in [0.29, 0.717) is 5.41 Å². The summed E-state index contributed by atoms with van der Waals surface area (Å²) in [6, 6.07) is 0. The van der Waals surface area contributed by atoms with Crippen LogP contribution in [0.25, 0.3) is 0 Å². The molecule has 0 radical (unpaired) electrons. The van der Waals surface area contributed by atoms with Crippen LogP contribution in [0.4, 0.5) is 0 Å². The lowest BCUT2D eigenvalue weighted by Crippen LogP contribution is -2.00. The van der Waals surface area contributed by atoms with E-state index in [9.17, 15) is 0 Å². The molecule has 0 heterocycles. The van der Waals surface area contributed by atoms with Crippen LogP contribution in [-0.2, 0) is 0 Å². The van der Waals surface area contributed by atoms with E-state index in [2.05, 4.69) is 22.5 Å². The third-order valence-corrected chi connectivity index (χ3v) is 3.13. The van der Waals surface area contributed by atoms with Crippen molar-refractivity contribution in [1.82, 2.24) is 0 Å². The van der Waals surface area contributed by atoms with E-state index in [1.807, 2.05) is 0 Å². The summed E-state index contributed by atoms with van der Waals surface area (Å²) in [6.45, 7) is 3.67. The Morgan fingerprint density at radius 3 is 2.33 bits per heavy atom. The molecular formula is C7H10BrCl. The van der Waals surface area contributed by atoms with Crippen LogP contribution in [0.1, 0.15) is 19.3 Å². The van der Waals surface area contributed by atoms with E-state index in [1.165, 1.54) is 12.8 Å². The summed E-state index contributed by atoms with van der Waals surface area (Å²) in [5, 5.41) is 1.87. The molecule has 0 N–H and O–H groups in total. The van der Waals surface area contributed by atoms with Crippen molar-refractivity contribution in [3.05, 3.63) is 11.6 Å². The van der Waals surface area contributed by atoms with Crippen LogP contribution in [0.3, 0.4) is 0 Å². The average molecular weight is 210 g/mol. The zero-order chi connectivity index (χ0) is 6.91.